The number of nitrogens with one attached hydrogen (secondary N) is 1. The number of fused-ring (bicyclic) bond motifs is 1. The highest BCUT2D eigenvalue weighted by Crippen LogP contribution is 2.10. The van der Waals surface area contributed by atoms with Gasteiger partial charge in [0.15, 0.2) is 4.96 Å². The van der Waals surface area contributed by atoms with E-state index < -0.39 is 23.5 Å². The van der Waals surface area contributed by atoms with Gasteiger partial charge in [0.2, 0.25) is 0 Å². The second-order valence-electron chi connectivity index (χ2n) is 4.01. The number of aromatic nitrogens is 2. The molecule has 2 heterocycles. The Labute approximate surface area is 111 Å². The Kier molecular flexibility index (Phi) is 3.34. The fourth-order valence-electron chi connectivity index (χ4n) is 1.52. The number of aliphatic carboxylic acids is 1. The first-order valence-corrected chi connectivity index (χ1v) is 6.29. The van der Waals surface area contributed by atoms with Gasteiger partial charge in [0, 0.05) is 17.3 Å². The van der Waals surface area contributed by atoms with Gasteiger partial charge in [-0.05, 0) is 13.8 Å². The molecule has 19 heavy (non-hydrogen) atoms. The van der Waals surface area contributed by atoms with Gasteiger partial charge in [0.25, 0.3) is 11.5 Å². The first-order valence-electron chi connectivity index (χ1n) is 5.41. The number of carboxylic acids is 1. The maximum absolute atomic E-state index is 12.1. The minimum Gasteiger partial charge on any atom is -0.480 e. The second kappa shape index (κ2) is 4.81. The smallest absolute Gasteiger partial charge is 0.325 e. The van der Waals surface area contributed by atoms with E-state index >= 15 is 0 Å². The van der Waals surface area contributed by atoms with Crippen LogP contribution in [0.4, 0.5) is 0 Å². The summed E-state index contributed by atoms with van der Waals surface area (Å²) in [4.78, 5) is 39.1. The van der Waals surface area contributed by atoms with Crippen LogP contribution in [0.1, 0.15) is 23.0 Å². The number of hydrogen-bond donors (Lipinski definition) is 2. The van der Waals surface area contributed by atoms with Crippen molar-refractivity contribution >= 4 is 28.2 Å². The number of amides is 1. The highest BCUT2D eigenvalue weighted by molar-refractivity contribution is 7.15. The van der Waals surface area contributed by atoms with Gasteiger partial charge < -0.3 is 10.4 Å². The van der Waals surface area contributed by atoms with Crippen molar-refractivity contribution in [3.05, 3.63) is 33.2 Å². The van der Waals surface area contributed by atoms with Crippen molar-refractivity contribution in [1.29, 1.82) is 0 Å². The van der Waals surface area contributed by atoms with Gasteiger partial charge in [-0.2, -0.15) is 0 Å². The monoisotopic (exact) mass is 281 g/mol. The molecule has 0 radical (unpaired) electrons. The van der Waals surface area contributed by atoms with Crippen molar-refractivity contribution in [3.63, 3.8) is 0 Å². The summed E-state index contributed by atoms with van der Waals surface area (Å²) in [6.07, 6.45) is 1.16. The number of carboxylic acid groups (broad SMARTS) is 1. The number of nitrogens with zero attached hydrogens (tertiary/aromatic N) is 2. The number of rotatable bonds is 3. The van der Waals surface area contributed by atoms with Crippen molar-refractivity contribution in [3.8, 4) is 0 Å². The van der Waals surface area contributed by atoms with Crippen LogP contribution in [0.3, 0.4) is 0 Å². The normalized spacial score (nSPS) is 12.3. The number of carbonyl (C=O) groups excluding carboxylic acids is 1. The Bertz CT molecular complexity index is 718. The van der Waals surface area contributed by atoms with E-state index in [-0.39, 0.29) is 5.56 Å². The molecule has 8 heteroatoms. The molecule has 0 saturated heterocycles. The Hall–Kier alpha value is -2.22. The van der Waals surface area contributed by atoms with Crippen molar-refractivity contribution < 1.29 is 14.7 Å². The molecular weight excluding hydrogens is 270 g/mol. The molecule has 0 fully saturated rings. The lowest BCUT2D eigenvalue weighted by atomic mass is 10.2. The zero-order valence-corrected chi connectivity index (χ0v) is 11.0. The van der Waals surface area contributed by atoms with Gasteiger partial charge in [-0.3, -0.25) is 18.8 Å². The van der Waals surface area contributed by atoms with Crippen molar-refractivity contribution in [2.75, 3.05) is 0 Å². The summed E-state index contributed by atoms with van der Waals surface area (Å²) in [5, 5.41) is 12.7. The van der Waals surface area contributed by atoms with Crippen LogP contribution < -0.4 is 10.9 Å². The predicted octanol–water partition coefficient (Wildman–Crippen LogP) is 0.267. The van der Waals surface area contributed by atoms with E-state index in [1.807, 2.05) is 0 Å². The van der Waals surface area contributed by atoms with E-state index in [9.17, 15) is 14.4 Å². The summed E-state index contributed by atoms with van der Waals surface area (Å²) in [7, 11) is 0. The lowest BCUT2D eigenvalue weighted by Crippen LogP contribution is -2.41. The van der Waals surface area contributed by atoms with Crippen LogP contribution in [-0.2, 0) is 4.79 Å². The second-order valence-corrected chi connectivity index (χ2v) is 4.84. The van der Waals surface area contributed by atoms with Gasteiger partial charge in [0.1, 0.15) is 11.6 Å². The molecule has 1 amide bonds. The van der Waals surface area contributed by atoms with E-state index in [2.05, 4.69) is 10.3 Å². The fourth-order valence-corrected chi connectivity index (χ4v) is 2.34. The number of carbonyl (C=O) groups is 2. The van der Waals surface area contributed by atoms with Gasteiger partial charge >= 0.3 is 5.97 Å². The van der Waals surface area contributed by atoms with Crippen LogP contribution in [0.25, 0.3) is 4.96 Å². The minimum atomic E-state index is -1.17. The largest absolute Gasteiger partial charge is 0.480 e. The lowest BCUT2D eigenvalue weighted by Gasteiger charge is -2.08. The summed E-state index contributed by atoms with van der Waals surface area (Å²) in [6.45, 7) is 3.05. The summed E-state index contributed by atoms with van der Waals surface area (Å²) in [5.74, 6) is -1.92. The quantitative estimate of drug-likeness (QED) is 0.841. The van der Waals surface area contributed by atoms with Crippen LogP contribution in [0.5, 0.6) is 0 Å². The van der Waals surface area contributed by atoms with Crippen molar-refractivity contribution in [2.24, 2.45) is 0 Å². The Balaban J connectivity index is 2.43. The average molecular weight is 281 g/mol. The molecule has 1 unspecified atom stereocenters. The zero-order chi connectivity index (χ0) is 14.2. The molecule has 2 rings (SSSR count). The van der Waals surface area contributed by atoms with Crippen LogP contribution in [0, 0.1) is 6.92 Å². The van der Waals surface area contributed by atoms with E-state index in [4.69, 9.17) is 5.11 Å². The van der Waals surface area contributed by atoms with Gasteiger partial charge in [0.05, 0.1) is 0 Å². The first-order chi connectivity index (χ1) is 8.91. The third kappa shape index (κ3) is 2.34. The SMILES string of the molecule is Cc1csc2ncc(C(=O)NC(C)C(=O)O)c(=O)n12. The molecular formula is C11H11N3O4S. The van der Waals surface area contributed by atoms with E-state index in [0.717, 1.165) is 6.20 Å². The standard InChI is InChI=1S/C11H11N3O4S/c1-5-4-19-11-12-3-7(9(16)14(5)11)8(15)13-6(2)10(17)18/h3-4,6H,1-2H3,(H,13,15)(H,17,18). The Morgan fingerprint density at radius 1 is 1.53 bits per heavy atom. The molecule has 0 aliphatic heterocycles. The summed E-state index contributed by atoms with van der Waals surface area (Å²) < 4.78 is 1.32. The summed E-state index contributed by atoms with van der Waals surface area (Å²) >= 11 is 1.29. The van der Waals surface area contributed by atoms with E-state index in [0.29, 0.717) is 10.7 Å². The average Bonchev–Trinajstić information content (AvgIpc) is 2.71. The molecule has 7 nitrogen and oxygen atoms in total. The molecule has 2 aromatic heterocycles. The molecule has 2 aromatic rings. The number of hydrogen-bond acceptors (Lipinski definition) is 5. The van der Waals surface area contributed by atoms with E-state index in [1.165, 1.54) is 22.7 Å². The topological polar surface area (TPSA) is 101 Å². The third-order valence-corrected chi connectivity index (χ3v) is 3.54. The zero-order valence-electron chi connectivity index (χ0n) is 10.2. The molecule has 1 atom stereocenters. The van der Waals surface area contributed by atoms with Gasteiger partial charge in [-0.15, -0.1) is 11.3 Å². The highest BCUT2D eigenvalue weighted by Gasteiger charge is 2.19. The van der Waals surface area contributed by atoms with Crippen molar-refractivity contribution in [2.45, 2.75) is 19.9 Å². The van der Waals surface area contributed by atoms with E-state index in [1.54, 1.807) is 12.3 Å². The first kappa shape index (κ1) is 13.2. The predicted molar refractivity (Wildman–Crippen MR) is 68.6 cm³/mol. The Morgan fingerprint density at radius 3 is 2.84 bits per heavy atom. The van der Waals surface area contributed by atoms with Crippen LogP contribution in [0.2, 0.25) is 0 Å². The molecule has 100 valence electrons. The summed E-state index contributed by atoms with van der Waals surface area (Å²) in [6, 6.07) is -1.07. The van der Waals surface area contributed by atoms with Crippen LogP contribution in [-0.4, -0.2) is 32.4 Å². The Morgan fingerprint density at radius 2 is 2.21 bits per heavy atom. The van der Waals surface area contributed by atoms with Crippen LogP contribution >= 0.6 is 11.3 Å². The molecule has 0 aliphatic carbocycles. The number of thiazole rings is 1. The minimum absolute atomic E-state index is 0.174. The van der Waals surface area contributed by atoms with Gasteiger partial charge in [-0.1, -0.05) is 0 Å². The number of aryl methyl sites for hydroxylation is 1. The molecule has 0 bridgehead atoms. The maximum Gasteiger partial charge on any atom is 0.325 e. The van der Waals surface area contributed by atoms with Crippen molar-refractivity contribution in [1.82, 2.24) is 14.7 Å². The molecule has 2 N–H and O–H groups in total. The third-order valence-electron chi connectivity index (χ3n) is 2.58. The van der Waals surface area contributed by atoms with Gasteiger partial charge in [-0.25, -0.2) is 4.98 Å². The molecule has 0 aliphatic rings. The van der Waals surface area contributed by atoms with Crippen LogP contribution in [0.15, 0.2) is 16.4 Å². The maximum atomic E-state index is 12.1. The fraction of sp³-hybridized carbons (Fsp3) is 0.273. The summed E-state index contributed by atoms with van der Waals surface area (Å²) in [5.41, 5.74) is 0.00405. The molecule has 0 saturated carbocycles. The molecule has 0 spiro atoms. The lowest BCUT2D eigenvalue weighted by molar-refractivity contribution is -0.138. The highest BCUT2D eigenvalue weighted by atomic mass is 32.1. The molecule has 0 aromatic carbocycles.